The van der Waals surface area contributed by atoms with Crippen molar-refractivity contribution in [3.63, 3.8) is 0 Å². The Labute approximate surface area is 178 Å². The average molecular weight is 506 g/mol. The maximum Gasteiger partial charge on any atom is 0.308 e. The highest BCUT2D eigenvalue weighted by Gasteiger charge is 2.15. The quantitative estimate of drug-likeness (QED) is 0.205. The molecular formula is C20H14Br2N2O4. The van der Waals surface area contributed by atoms with Crippen molar-refractivity contribution >= 4 is 61.3 Å². The summed E-state index contributed by atoms with van der Waals surface area (Å²) >= 11 is 6.59. The van der Waals surface area contributed by atoms with Crippen molar-refractivity contribution in [3.05, 3.63) is 62.0 Å². The van der Waals surface area contributed by atoms with Crippen LogP contribution >= 0.6 is 31.9 Å². The number of ether oxygens (including phenoxy) is 1. The molecule has 2 aromatic rings. The summed E-state index contributed by atoms with van der Waals surface area (Å²) in [5.74, 6) is -1.03. The third kappa shape index (κ3) is 5.38. The fraction of sp³-hybridized carbons (Fsp3) is 0.100. The molecule has 0 unspecified atom stereocenters. The zero-order valence-electron chi connectivity index (χ0n) is 14.9. The Morgan fingerprint density at radius 1 is 1.11 bits per heavy atom. The number of esters is 1. The molecule has 0 spiro atoms. The second-order valence-electron chi connectivity index (χ2n) is 5.63. The Morgan fingerprint density at radius 3 is 2.25 bits per heavy atom. The van der Waals surface area contributed by atoms with Crippen LogP contribution in [0.25, 0.3) is 6.08 Å². The van der Waals surface area contributed by atoms with Crippen LogP contribution < -0.4 is 10.1 Å². The lowest BCUT2D eigenvalue weighted by Crippen LogP contribution is -2.15. The van der Waals surface area contributed by atoms with Crippen molar-refractivity contribution < 1.29 is 19.1 Å². The summed E-state index contributed by atoms with van der Waals surface area (Å²) in [7, 11) is 0. The van der Waals surface area contributed by atoms with Gasteiger partial charge in [0.2, 0.25) is 0 Å². The van der Waals surface area contributed by atoms with Crippen LogP contribution in [0, 0.1) is 11.3 Å². The average Bonchev–Trinajstić information content (AvgIpc) is 2.62. The number of ketones is 1. The molecule has 0 aliphatic heterocycles. The number of benzene rings is 2. The minimum atomic E-state index is -0.646. The largest absolute Gasteiger partial charge is 0.424 e. The maximum absolute atomic E-state index is 12.5. The van der Waals surface area contributed by atoms with Gasteiger partial charge in [-0.15, -0.1) is 0 Å². The van der Waals surface area contributed by atoms with E-state index in [4.69, 9.17) is 4.74 Å². The van der Waals surface area contributed by atoms with Crippen molar-refractivity contribution in [2.24, 2.45) is 0 Å². The van der Waals surface area contributed by atoms with Gasteiger partial charge in [-0.05, 0) is 74.7 Å². The predicted molar refractivity (Wildman–Crippen MR) is 112 cm³/mol. The zero-order chi connectivity index (χ0) is 20.8. The van der Waals surface area contributed by atoms with Gasteiger partial charge in [0.15, 0.2) is 11.5 Å². The van der Waals surface area contributed by atoms with Gasteiger partial charge in [-0.1, -0.05) is 12.1 Å². The van der Waals surface area contributed by atoms with Crippen molar-refractivity contribution in [2.75, 3.05) is 5.32 Å². The van der Waals surface area contributed by atoms with Gasteiger partial charge in [-0.2, -0.15) is 5.26 Å². The first-order valence-electron chi connectivity index (χ1n) is 7.93. The molecule has 0 aromatic heterocycles. The fourth-order valence-corrected chi connectivity index (χ4v) is 3.69. The maximum atomic E-state index is 12.5. The monoisotopic (exact) mass is 504 g/mol. The summed E-state index contributed by atoms with van der Waals surface area (Å²) in [4.78, 5) is 35.4. The molecule has 6 nitrogen and oxygen atoms in total. The number of nitrogens with zero attached hydrogens (tertiary/aromatic N) is 1. The van der Waals surface area contributed by atoms with E-state index in [1.165, 1.54) is 19.9 Å². The summed E-state index contributed by atoms with van der Waals surface area (Å²) in [5.41, 5.74) is 1.05. The Bertz CT molecular complexity index is 1020. The molecule has 0 heterocycles. The SMILES string of the molecule is CC(=O)Oc1c(Br)cc(/C=C(/C#N)C(=O)Nc2ccccc2C(C)=O)cc1Br. The van der Waals surface area contributed by atoms with E-state index in [1.807, 2.05) is 6.07 Å². The van der Waals surface area contributed by atoms with Gasteiger partial charge in [0.1, 0.15) is 11.6 Å². The first kappa shape index (κ1) is 21.5. The number of rotatable bonds is 5. The molecule has 1 amide bonds. The Hall–Kier alpha value is -2.76. The third-order valence-corrected chi connectivity index (χ3v) is 4.68. The number of nitrogens with one attached hydrogen (secondary N) is 1. The first-order valence-corrected chi connectivity index (χ1v) is 9.52. The number of hydrogen-bond donors (Lipinski definition) is 1. The fourth-order valence-electron chi connectivity index (χ4n) is 2.31. The van der Waals surface area contributed by atoms with Crippen LogP contribution in [0.15, 0.2) is 50.9 Å². The standard InChI is InChI=1S/C20H14Br2N2O4/c1-11(25)15-5-3-4-6-18(15)24-20(27)14(10-23)7-13-8-16(21)19(17(22)9-13)28-12(2)26/h3-9H,1-2H3,(H,24,27)/b14-7-. The molecule has 8 heteroatoms. The minimum absolute atomic E-state index is 0.155. The molecule has 0 aliphatic rings. The van der Waals surface area contributed by atoms with Crippen molar-refractivity contribution in [2.45, 2.75) is 13.8 Å². The Morgan fingerprint density at radius 2 is 1.71 bits per heavy atom. The minimum Gasteiger partial charge on any atom is -0.424 e. The van der Waals surface area contributed by atoms with Crippen LogP contribution in [0.5, 0.6) is 5.75 Å². The molecule has 0 atom stereocenters. The van der Waals surface area contributed by atoms with Crippen molar-refractivity contribution in [1.82, 2.24) is 0 Å². The lowest BCUT2D eigenvalue weighted by molar-refractivity contribution is -0.132. The molecule has 2 rings (SSSR count). The normalized spacial score (nSPS) is 10.8. The number of carbonyl (C=O) groups is 3. The second-order valence-corrected chi connectivity index (χ2v) is 7.34. The van der Waals surface area contributed by atoms with Gasteiger partial charge in [0, 0.05) is 12.5 Å². The van der Waals surface area contributed by atoms with Crippen LogP contribution in [0.2, 0.25) is 0 Å². The molecular weight excluding hydrogens is 492 g/mol. The van der Waals surface area contributed by atoms with Crippen molar-refractivity contribution in [3.8, 4) is 11.8 Å². The highest BCUT2D eigenvalue weighted by Crippen LogP contribution is 2.35. The molecule has 2 aromatic carbocycles. The van der Waals surface area contributed by atoms with E-state index in [0.29, 0.717) is 31.5 Å². The van der Waals surface area contributed by atoms with Crippen LogP contribution in [0.1, 0.15) is 29.8 Å². The highest BCUT2D eigenvalue weighted by atomic mass is 79.9. The molecule has 0 radical (unpaired) electrons. The molecule has 1 N–H and O–H groups in total. The number of halogens is 2. The number of amides is 1. The van der Waals surface area contributed by atoms with Gasteiger partial charge in [-0.25, -0.2) is 0 Å². The van der Waals surface area contributed by atoms with Crippen LogP contribution in [0.3, 0.4) is 0 Å². The molecule has 28 heavy (non-hydrogen) atoms. The van der Waals surface area contributed by atoms with Gasteiger partial charge in [-0.3, -0.25) is 14.4 Å². The van der Waals surface area contributed by atoms with Gasteiger partial charge in [0.25, 0.3) is 5.91 Å². The molecule has 0 bridgehead atoms. The van der Waals surface area contributed by atoms with Crippen LogP contribution in [-0.4, -0.2) is 17.7 Å². The first-order chi connectivity index (χ1) is 13.2. The van der Waals surface area contributed by atoms with E-state index in [0.717, 1.165) is 0 Å². The van der Waals surface area contributed by atoms with Gasteiger partial charge >= 0.3 is 5.97 Å². The third-order valence-electron chi connectivity index (χ3n) is 3.50. The molecule has 0 saturated carbocycles. The van der Waals surface area contributed by atoms with E-state index in [-0.39, 0.29) is 11.4 Å². The van der Waals surface area contributed by atoms with E-state index in [2.05, 4.69) is 37.2 Å². The second kappa shape index (κ2) is 9.44. The molecule has 0 saturated heterocycles. The predicted octanol–water partition coefficient (Wildman–Crippen LogP) is 4.89. The smallest absolute Gasteiger partial charge is 0.308 e. The Kier molecular flexibility index (Phi) is 7.26. The van der Waals surface area contributed by atoms with Crippen LogP contribution in [-0.2, 0) is 9.59 Å². The molecule has 0 fully saturated rings. The number of anilines is 1. The van der Waals surface area contributed by atoms with Gasteiger partial charge < -0.3 is 10.1 Å². The van der Waals surface area contributed by atoms with Crippen LogP contribution in [0.4, 0.5) is 5.69 Å². The van der Waals surface area contributed by atoms with Gasteiger partial charge in [0.05, 0.1) is 14.6 Å². The number of para-hydroxylation sites is 1. The molecule has 0 aliphatic carbocycles. The van der Waals surface area contributed by atoms with E-state index >= 15 is 0 Å². The summed E-state index contributed by atoms with van der Waals surface area (Å²) in [6, 6.07) is 11.6. The number of nitriles is 1. The van der Waals surface area contributed by atoms with E-state index < -0.39 is 11.9 Å². The summed E-state index contributed by atoms with van der Waals surface area (Å²) < 4.78 is 6.04. The Balaban J connectivity index is 2.34. The lowest BCUT2D eigenvalue weighted by Gasteiger charge is -2.10. The van der Waals surface area contributed by atoms with E-state index in [9.17, 15) is 19.6 Å². The van der Waals surface area contributed by atoms with Crippen molar-refractivity contribution in [1.29, 1.82) is 5.26 Å². The molecule has 142 valence electrons. The number of Topliss-reactive ketones (excluding diaryl/α,β-unsaturated/α-hetero) is 1. The lowest BCUT2D eigenvalue weighted by atomic mass is 10.1. The number of hydrogen-bond acceptors (Lipinski definition) is 5. The zero-order valence-corrected chi connectivity index (χ0v) is 18.0. The summed E-state index contributed by atoms with van der Waals surface area (Å²) in [6.45, 7) is 2.68. The summed E-state index contributed by atoms with van der Waals surface area (Å²) in [5, 5.41) is 12.0. The highest BCUT2D eigenvalue weighted by molar-refractivity contribution is 9.11. The number of carbonyl (C=O) groups excluding carboxylic acids is 3. The summed E-state index contributed by atoms with van der Waals surface area (Å²) in [6.07, 6.45) is 1.39. The topological polar surface area (TPSA) is 96.3 Å². The van der Waals surface area contributed by atoms with E-state index in [1.54, 1.807) is 36.4 Å².